The van der Waals surface area contributed by atoms with Crippen LogP contribution in [0.3, 0.4) is 0 Å². The van der Waals surface area contributed by atoms with Gasteiger partial charge in [-0.15, -0.1) is 0 Å². The molecule has 0 heterocycles. The first-order valence-corrected chi connectivity index (χ1v) is 8.16. The molecule has 1 aromatic rings. The van der Waals surface area contributed by atoms with Crippen LogP contribution >= 0.6 is 0 Å². The van der Waals surface area contributed by atoms with Gasteiger partial charge in [0.05, 0.1) is 0 Å². The van der Waals surface area contributed by atoms with Crippen LogP contribution in [0.25, 0.3) is 0 Å². The number of benzene rings is 1. The highest BCUT2D eigenvalue weighted by Gasteiger charge is 2.43. The van der Waals surface area contributed by atoms with Crippen LogP contribution < -0.4 is 10.1 Å². The Morgan fingerprint density at radius 3 is 2.62 bits per heavy atom. The largest absolute Gasteiger partial charge is 0.487 e. The molecule has 0 spiro atoms. The number of ether oxygens (including phenoxy) is 2. The lowest BCUT2D eigenvalue weighted by molar-refractivity contribution is -0.104. The van der Waals surface area contributed by atoms with Crippen LogP contribution in [-0.4, -0.2) is 31.4 Å². The van der Waals surface area contributed by atoms with E-state index in [-0.39, 0.29) is 12.2 Å². The van der Waals surface area contributed by atoms with Gasteiger partial charge in [-0.2, -0.15) is 0 Å². The Bertz CT molecular complexity index is 473. The Kier molecular flexibility index (Phi) is 5.65. The summed E-state index contributed by atoms with van der Waals surface area (Å²) >= 11 is 0. The van der Waals surface area contributed by atoms with E-state index in [1.54, 1.807) is 0 Å². The molecule has 1 aromatic carbocycles. The fourth-order valence-electron chi connectivity index (χ4n) is 2.93. The third-order valence-corrected chi connectivity index (χ3v) is 4.31. The second kappa shape index (κ2) is 7.28. The third-order valence-electron chi connectivity index (χ3n) is 4.31. The van der Waals surface area contributed by atoms with Crippen molar-refractivity contribution in [3.05, 3.63) is 28.8 Å². The molecule has 3 atom stereocenters. The standard InChI is InChI=1S/C18H29NO2/c1-6-8-19-15-11-17(18(15)20-7-2)21-16-10-12(3)9-13(4)14(16)5/h9-10,15,17-19H,6-8,11H2,1-5H3. The molecule has 3 unspecified atom stereocenters. The lowest BCUT2D eigenvalue weighted by atomic mass is 9.85. The lowest BCUT2D eigenvalue weighted by Gasteiger charge is -2.44. The Labute approximate surface area is 129 Å². The Balaban J connectivity index is 2.02. The molecule has 1 saturated carbocycles. The molecule has 1 aliphatic carbocycles. The summed E-state index contributed by atoms with van der Waals surface area (Å²) in [6.07, 6.45) is 2.51. The maximum atomic E-state index is 6.25. The van der Waals surface area contributed by atoms with E-state index >= 15 is 0 Å². The first kappa shape index (κ1) is 16.3. The van der Waals surface area contributed by atoms with E-state index in [0.29, 0.717) is 6.04 Å². The van der Waals surface area contributed by atoms with Crippen molar-refractivity contribution in [2.45, 2.75) is 65.7 Å². The molecule has 1 aliphatic rings. The van der Waals surface area contributed by atoms with Gasteiger partial charge in [0.2, 0.25) is 0 Å². The normalized spacial score (nSPS) is 24.7. The summed E-state index contributed by atoms with van der Waals surface area (Å²) in [7, 11) is 0. The fourth-order valence-corrected chi connectivity index (χ4v) is 2.93. The number of nitrogens with one attached hydrogen (secondary N) is 1. The predicted molar refractivity (Wildman–Crippen MR) is 87.2 cm³/mol. The highest BCUT2D eigenvalue weighted by atomic mass is 16.5. The Morgan fingerprint density at radius 2 is 1.95 bits per heavy atom. The second-order valence-electron chi connectivity index (χ2n) is 6.08. The second-order valence-corrected chi connectivity index (χ2v) is 6.08. The van der Waals surface area contributed by atoms with Gasteiger partial charge in [0.15, 0.2) is 0 Å². The van der Waals surface area contributed by atoms with Gasteiger partial charge < -0.3 is 14.8 Å². The molecule has 2 rings (SSSR count). The molecule has 0 aliphatic heterocycles. The smallest absolute Gasteiger partial charge is 0.128 e. The summed E-state index contributed by atoms with van der Waals surface area (Å²) in [5.41, 5.74) is 3.78. The van der Waals surface area contributed by atoms with E-state index < -0.39 is 0 Å². The zero-order chi connectivity index (χ0) is 15.4. The van der Waals surface area contributed by atoms with E-state index in [1.807, 2.05) is 6.92 Å². The van der Waals surface area contributed by atoms with Gasteiger partial charge in [0.1, 0.15) is 18.0 Å². The summed E-state index contributed by atoms with van der Waals surface area (Å²) in [5.74, 6) is 1.01. The summed E-state index contributed by atoms with van der Waals surface area (Å²) in [6, 6.07) is 4.77. The number of rotatable bonds is 7. The van der Waals surface area contributed by atoms with Crippen LogP contribution in [0, 0.1) is 20.8 Å². The minimum Gasteiger partial charge on any atom is -0.487 e. The van der Waals surface area contributed by atoms with Gasteiger partial charge in [-0.1, -0.05) is 13.0 Å². The minimum absolute atomic E-state index is 0.166. The molecule has 3 heteroatoms. The van der Waals surface area contributed by atoms with E-state index in [1.165, 1.54) is 16.7 Å². The van der Waals surface area contributed by atoms with Crippen molar-refractivity contribution in [2.75, 3.05) is 13.2 Å². The van der Waals surface area contributed by atoms with E-state index in [0.717, 1.165) is 31.7 Å². The molecule has 1 N–H and O–H groups in total. The van der Waals surface area contributed by atoms with Crippen LogP contribution in [0.5, 0.6) is 5.75 Å². The molecule has 118 valence electrons. The van der Waals surface area contributed by atoms with Crippen molar-refractivity contribution < 1.29 is 9.47 Å². The van der Waals surface area contributed by atoms with Gasteiger partial charge in [0.25, 0.3) is 0 Å². The Morgan fingerprint density at radius 1 is 1.19 bits per heavy atom. The highest BCUT2D eigenvalue weighted by Crippen LogP contribution is 2.32. The fraction of sp³-hybridized carbons (Fsp3) is 0.667. The van der Waals surface area contributed by atoms with Crippen molar-refractivity contribution in [1.82, 2.24) is 5.32 Å². The van der Waals surface area contributed by atoms with Crippen LogP contribution in [0.2, 0.25) is 0 Å². The quantitative estimate of drug-likeness (QED) is 0.833. The highest BCUT2D eigenvalue weighted by molar-refractivity contribution is 5.42. The third kappa shape index (κ3) is 3.78. The molecule has 0 bridgehead atoms. The minimum atomic E-state index is 0.166. The maximum Gasteiger partial charge on any atom is 0.128 e. The van der Waals surface area contributed by atoms with Crippen LogP contribution in [0.4, 0.5) is 0 Å². The van der Waals surface area contributed by atoms with Crippen molar-refractivity contribution in [1.29, 1.82) is 0 Å². The molecule has 0 saturated heterocycles. The number of hydrogen-bond donors (Lipinski definition) is 1. The molecule has 0 radical (unpaired) electrons. The van der Waals surface area contributed by atoms with Crippen molar-refractivity contribution >= 4 is 0 Å². The molecule has 1 fully saturated rings. The van der Waals surface area contributed by atoms with Gasteiger partial charge in [-0.25, -0.2) is 0 Å². The summed E-state index contributed by atoms with van der Waals surface area (Å²) in [4.78, 5) is 0. The number of aryl methyl sites for hydroxylation is 2. The SMILES string of the molecule is CCCNC1CC(Oc2cc(C)cc(C)c2C)C1OCC. The van der Waals surface area contributed by atoms with Crippen molar-refractivity contribution in [3.8, 4) is 5.75 Å². The lowest BCUT2D eigenvalue weighted by Crippen LogP contribution is -2.61. The maximum absolute atomic E-state index is 6.25. The monoisotopic (exact) mass is 291 g/mol. The molecular weight excluding hydrogens is 262 g/mol. The molecular formula is C18H29NO2. The van der Waals surface area contributed by atoms with E-state index in [4.69, 9.17) is 9.47 Å². The molecule has 0 aromatic heterocycles. The zero-order valence-electron chi connectivity index (χ0n) is 14.0. The summed E-state index contributed by atoms with van der Waals surface area (Å²) < 4.78 is 12.1. The molecule has 3 nitrogen and oxygen atoms in total. The van der Waals surface area contributed by atoms with Gasteiger partial charge in [-0.05, 0) is 63.4 Å². The van der Waals surface area contributed by atoms with Gasteiger partial charge >= 0.3 is 0 Å². The first-order chi connectivity index (χ1) is 10.1. The average Bonchev–Trinajstić information content (AvgIpc) is 2.44. The van der Waals surface area contributed by atoms with Crippen molar-refractivity contribution in [3.63, 3.8) is 0 Å². The molecule has 21 heavy (non-hydrogen) atoms. The van der Waals surface area contributed by atoms with Crippen LogP contribution in [-0.2, 0) is 4.74 Å². The summed E-state index contributed by atoms with van der Waals surface area (Å²) in [5, 5.41) is 3.55. The average molecular weight is 291 g/mol. The zero-order valence-corrected chi connectivity index (χ0v) is 14.0. The van der Waals surface area contributed by atoms with Crippen LogP contribution in [0.15, 0.2) is 12.1 Å². The first-order valence-electron chi connectivity index (χ1n) is 8.16. The molecule has 0 amide bonds. The van der Waals surface area contributed by atoms with Crippen LogP contribution in [0.1, 0.15) is 43.4 Å². The van der Waals surface area contributed by atoms with E-state index in [2.05, 4.69) is 45.1 Å². The topological polar surface area (TPSA) is 30.5 Å². The Hall–Kier alpha value is -1.06. The van der Waals surface area contributed by atoms with E-state index in [9.17, 15) is 0 Å². The van der Waals surface area contributed by atoms with Gasteiger partial charge in [-0.3, -0.25) is 0 Å². The summed E-state index contributed by atoms with van der Waals surface area (Å²) in [6.45, 7) is 12.4. The van der Waals surface area contributed by atoms with Crippen molar-refractivity contribution in [2.24, 2.45) is 0 Å². The van der Waals surface area contributed by atoms with Gasteiger partial charge in [0, 0.05) is 19.1 Å². The predicted octanol–water partition coefficient (Wildman–Crippen LogP) is 3.54. The number of hydrogen-bond acceptors (Lipinski definition) is 3.